The minimum atomic E-state index is -0.109. The Morgan fingerprint density at radius 3 is 2.47 bits per heavy atom. The van der Waals surface area contributed by atoms with Gasteiger partial charge in [0.2, 0.25) is 0 Å². The molecule has 1 aliphatic rings. The Kier molecular flexibility index (Phi) is 5.52. The van der Waals surface area contributed by atoms with E-state index in [0.29, 0.717) is 29.4 Å². The minimum Gasteiger partial charge on any atom is -0.368 e. The molecule has 0 N–H and O–H groups in total. The normalized spacial score (nSPS) is 13.9. The maximum absolute atomic E-state index is 13.4. The summed E-state index contributed by atoms with van der Waals surface area (Å²) in [5, 5.41) is 10.3. The van der Waals surface area contributed by atoms with E-state index >= 15 is 0 Å². The van der Waals surface area contributed by atoms with Gasteiger partial charge in [-0.3, -0.25) is 4.79 Å². The lowest BCUT2D eigenvalue weighted by Crippen LogP contribution is -2.49. The lowest BCUT2D eigenvalue weighted by molar-refractivity contribution is 0.0738. The van der Waals surface area contributed by atoms with Crippen LogP contribution in [-0.4, -0.2) is 41.6 Å². The molecule has 0 saturated carbocycles. The Labute approximate surface area is 181 Å². The van der Waals surface area contributed by atoms with Crippen molar-refractivity contribution in [1.29, 1.82) is 5.26 Å². The van der Waals surface area contributed by atoms with Crippen LogP contribution in [0, 0.1) is 25.2 Å². The molecule has 2 aromatic carbocycles. The average molecular weight is 419 g/mol. The Hall–Kier alpha value is -3.23. The number of aromatic nitrogens is 1. The first-order valence-corrected chi connectivity index (χ1v) is 10.3. The summed E-state index contributed by atoms with van der Waals surface area (Å²) in [6.45, 7) is 6.68. The number of anilines is 1. The first kappa shape index (κ1) is 20.1. The van der Waals surface area contributed by atoms with E-state index in [-0.39, 0.29) is 5.91 Å². The standard InChI is InChI=1S/C24H23ClN4O/c1-17-6-7-22(18(2)14-17)29-9-8-19(16-26)23(29)24(30)28-12-10-27(11-13-28)21-5-3-4-20(25)15-21/h3-9,14-15H,10-13H2,1-2H3. The third kappa shape index (κ3) is 3.79. The van der Waals surface area contributed by atoms with Crippen molar-refractivity contribution in [2.45, 2.75) is 13.8 Å². The molecule has 0 spiro atoms. The van der Waals surface area contributed by atoms with Crippen LogP contribution in [0.1, 0.15) is 27.2 Å². The number of amides is 1. The Balaban J connectivity index is 1.58. The summed E-state index contributed by atoms with van der Waals surface area (Å²) in [5.74, 6) is -0.109. The maximum atomic E-state index is 13.4. The lowest BCUT2D eigenvalue weighted by Gasteiger charge is -2.36. The Bertz CT molecular complexity index is 1140. The molecule has 1 aromatic heterocycles. The second-order valence-electron chi connectivity index (χ2n) is 7.61. The van der Waals surface area contributed by atoms with Gasteiger partial charge in [-0.15, -0.1) is 0 Å². The summed E-state index contributed by atoms with van der Waals surface area (Å²) in [4.78, 5) is 17.5. The first-order chi connectivity index (χ1) is 14.5. The van der Waals surface area contributed by atoms with Crippen LogP contribution in [0.4, 0.5) is 5.69 Å². The largest absolute Gasteiger partial charge is 0.368 e. The molecule has 1 saturated heterocycles. The highest BCUT2D eigenvalue weighted by Gasteiger charge is 2.27. The minimum absolute atomic E-state index is 0.109. The van der Waals surface area contributed by atoms with Gasteiger partial charge >= 0.3 is 0 Å². The molecule has 1 amide bonds. The molecular formula is C24H23ClN4O. The van der Waals surface area contributed by atoms with Crippen molar-refractivity contribution >= 4 is 23.2 Å². The third-order valence-electron chi connectivity index (χ3n) is 5.56. The molecule has 0 bridgehead atoms. The van der Waals surface area contributed by atoms with Gasteiger partial charge in [0, 0.05) is 48.8 Å². The summed E-state index contributed by atoms with van der Waals surface area (Å²) in [5.41, 5.74) is 5.04. The Morgan fingerprint density at radius 1 is 1.03 bits per heavy atom. The predicted molar refractivity (Wildman–Crippen MR) is 120 cm³/mol. The highest BCUT2D eigenvalue weighted by Crippen LogP contribution is 2.24. The number of halogens is 1. The average Bonchev–Trinajstić information content (AvgIpc) is 3.17. The van der Waals surface area contributed by atoms with Gasteiger partial charge < -0.3 is 14.4 Å². The zero-order valence-corrected chi connectivity index (χ0v) is 17.9. The number of hydrogen-bond donors (Lipinski definition) is 0. The van der Waals surface area contributed by atoms with E-state index in [1.54, 1.807) is 6.07 Å². The summed E-state index contributed by atoms with van der Waals surface area (Å²) < 4.78 is 1.85. The van der Waals surface area contributed by atoms with Crippen molar-refractivity contribution in [1.82, 2.24) is 9.47 Å². The zero-order valence-electron chi connectivity index (χ0n) is 17.1. The second kappa shape index (κ2) is 8.25. The molecule has 6 heteroatoms. The van der Waals surface area contributed by atoms with Gasteiger partial charge in [0.25, 0.3) is 5.91 Å². The fourth-order valence-electron chi connectivity index (χ4n) is 4.01. The van der Waals surface area contributed by atoms with Crippen molar-refractivity contribution in [3.63, 3.8) is 0 Å². The topological polar surface area (TPSA) is 52.3 Å². The summed E-state index contributed by atoms with van der Waals surface area (Å²) in [6.07, 6.45) is 1.81. The van der Waals surface area contributed by atoms with Crippen LogP contribution in [0.25, 0.3) is 5.69 Å². The number of aryl methyl sites for hydroxylation is 2. The van der Waals surface area contributed by atoms with Crippen LogP contribution in [0.5, 0.6) is 0 Å². The molecule has 0 radical (unpaired) electrons. The van der Waals surface area contributed by atoms with E-state index in [0.717, 1.165) is 35.6 Å². The molecule has 1 fully saturated rings. The highest BCUT2D eigenvalue weighted by atomic mass is 35.5. The SMILES string of the molecule is Cc1ccc(-n2ccc(C#N)c2C(=O)N2CCN(c3cccc(Cl)c3)CC2)c(C)c1. The number of hydrogen-bond acceptors (Lipinski definition) is 3. The number of benzene rings is 2. The van der Waals surface area contributed by atoms with Crippen molar-refractivity contribution in [3.8, 4) is 11.8 Å². The fourth-order valence-corrected chi connectivity index (χ4v) is 4.19. The number of nitrogens with zero attached hydrogens (tertiary/aromatic N) is 4. The van der Waals surface area contributed by atoms with Crippen molar-refractivity contribution < 1.29 is 4.79 Å². The van der Waals surface area contributed by atoms with E-state index in [1.165, 1.54) is 0 Å². The molecule has 3 aromatic rings. The lowest BCUT2D eigenvalue weighted by atomic mass is 10.1. The van der Waals surface area contributed by atoms with Gasteiger partial charge in [0.1, 0.15) is 11.8 Å². The van der Waals surface area contributed by atoms with Crippen LogP contribution in [0.2, 0.25) is 5.02 Å². The number of carbonyl (C=O) groups is 1. The fraction of sp³-hybridized carbons (Fsp3) is 0.250. The van der Waals surface area contributed by atoms with E-state index < -0.39 is 0 Å². The number of piperazine rings is 1. The number of rotatable bonds is 3. The summed E-state index contributed by atoms with van der Waals surface area (Å²) >= 11 is 6.12. The van der Waals surface area contributed by atoms with E-state index in [4.69, 9.17) is 11.6 Å². The van der Waals surface area contributed by atoms with Crippen LogP contribution in [-0.2, 0) is 0 Å². The first-order valence-electron chi connectivity index (χ1n) is 9.97. The quantitative estimate of drug-likeness (QED) is 0.625. The van der Waals surface area contributed by atoms with Crippen molar-refractivity contribution in [2.75, 3.05) is 31.1 Å². The summed E-state index contributed by atoms with van der Waals surface area (Å²) in [7, 11) is 0. The molecule has 1 aliphatic heterocycles. The van der Waals surface area contributed by atoms with Gasteiger partial charge in [-0.05, 0) is 49.7 Å². The predicted octanol–water partition coefficient (Wildman–Crippen LogP) is 4.58. The molecule has 4 rings (SSSR count). The van der Waals surface area contributed by atoms with Crippen molar-refractivity contribution in [3.05, 3.63) is 82.1 Å². The molecule has 0 aliphatic carbocycles. The molecule has 30 heavy (non-hydrogen) atoms. The van der Waals surface area contributed by atoms with Gasteiger partial charge in [0.05, 0.1) is 5.56 Å². The molecular weight excluding hydrogens is 396 g/mol. The van der Waals surface area contributed by atoms with Crippen LogP contribution in [0.3, 0.4) is 0 Å². The molecule has 5 nitrogen and oxygen atoms in total. The van der Waals surface area contributed by atoms with Crippen LogP contribution in [0.15, 0.2) is 54.7 Å². The molecule has 0 atom stereocenters. The molecule has 2 heterocycles. The summed E-state index contributed by atoms with van der Waals surface area (Å²) in [6, 6.07) is 17.8. The van der Waals surface area contributed by atoms with Gasteiger partial charge in [-0.25, -0.2) is 0 Å². The van der Waals surface area contributed by atoms with Crippen LogP contribution >= 0.6 is 11.6 Å². The molecule has 0 unspecified atom stereocenters. The van der Waals surface area contributed by atoms with Crippen molar-refractivity contribution in [2.24, 2.45) is 0 Å². The molecule has 152 valence electrons. The second-order valence-corrected chi connectivity index (χ2v) is 8.05. The van der Waals surface area contributed by atoms with Gasteiger partial charge in [-0.2, -0.15) is 5.26 Å². The van der Waals surface area contributed by atoms with Gasteiger partial charge in [-0.1, -0.05) is 35.4 Å². The van der Waals surface area contributed by atoms with E-state index in [2.05, 4.69) is 17.0 Å². The number of nitriles is 1. The number of carbonyl (C=O) groups excluding carboxylic acids is 1. The van der Waals surface area contributed by atoms with E-state index in [9.17, 15) is 10.1 Å². The highest BCUT2D eigenvalue weighted by molar-refractivity contribution is 6.30. The van der Waals surface area contributed by atoms with Crippen LogP contribution < -0.4 is 4.90 Å². The maximum Gasteiger partial charge on any atom is 0.272 e. The smallest absolute Gasteiger partial charge is 0.272 e. The Morgan fingerprint density at radius 2 is 1.80 bits per heavy atom. The monoisotopic (exact) mass is 418 g/mol. The zero-order chi connectivity index (χ0) is 21.3. The third-order valence-corrected chi connectivity index (χ3v) is 5.80. The van der Waals surface area contributed by atoms with Gasteiger partial charge in [0.15, 0.2) is 0 Å². The van der Waals surface area contributed by atoms with E-state index in [1.807, 2.05) is 65.9 Å².